The monoisotopic (exact) mass is 479 g/mol. The van der Waals surface area contributed by atoms with Crippen molar-refractivity contribution in [3.05, 3.63) is 64.8 Å². The van der Waals surface area contributed by atoms with E-state index in [2.05, 4.69) is 44.1 Å². The van der Waals surface area contributed by atoms with Crippen LogP contribution in [0, 0.1) is 6.92 Å². The van der Waals surface area contributed by atoms with Crippen molar-refractivity contribution in [1.82, 2.24) is 19.5 Å². The van der Waals surface area contributed by atoms with Gasteiger partial charge in [0.25, 0.3) is 0 Å². The van der Waals surface area contributed by atoms with Gasteiger partial charge in [-0.15, -0.1) is 5.10 Å². The number of hydrogen-bond acceptors (Lipinski definition) is 8. The van der Waals surface area contributed by atoms with E-state index in [1.807, 2.05) is 38.1 Å². The van der Waals surface area contributed by atoms with Crippen LogP contribution in [0.25, 0.3) is 4.96 Å². The maximum absolute atomic E-state index is 11.1. The van der Waals surface area contributed by atoms with Crippen LogP contribution >= 0.6 is 11.3 Å². The first kappa shape index (κ1) is 22.5. The molecule has 2 aromatic heterocycles. The first-order valence-corrected chi connectivity index (χ1v) is 12.3. The van der Waals surface area contributed by atoms with Gasteiger partial charge in [0.2, 0.25) is 10.8 Å². The number of thiazole rings is 1. The number of hydrogen-bond donors (Lipinski definition) is 1. The highest BCUT2D eigenvalue weighted by Crippen LogP contribution is 2.40. The predicted molar refractivity (Wildman–Crippen MR) is 133 cm³/mol. The summed E-state index contributed by atoms with van der Waals surface area (Å²) in [7, 11) is 1.68. The number of benzene rings is 2. The lowest BCUT2D eigenvalue weighted by Crippen LogP contribution is -2.47. The molecule has 3 heterocycles. The molecule has 1 aliphatic rings. The molecule has 1 atom stereocenters. The Morgan fingerprint density at radius 1 is 1.00 bits per heavy atom. The van der Waals surface area contributed by atoms with E-state index in [0.717, 1.165) is 48.1 Å². The minimum Gasteiger partial charge on any atom is -0.497 e. The molecule has 1 aliphatic heterocycles. The minimum atomic E-state index is -0.0949. The van der Waals surface area contributed by atoms with Crippen molar-refractivity contribution in [3.63, 3.8) is 0 Å². The lowest BCUT2D eigenvalue weighted by Gasteiger charge is -2.40. The quantitative estimate of drug-likeness (QED) is 0.427. The molecule has 34 heavy (non-hydrogen) atoms. The van der Waals surface area contributed by atoms with Gasteiger partial charge in [0.1, 0.15) is 17.3 Å². The Kier molecular flexibility index (Phi) is 6.30. The summed E-state index contributed by atoms with van der Waals surface area (Å²) in [5.41, 5.74) is 2.30. The molecule has 0 aliphatic carbocycles. The molecule has 1 N–H and O–H groups in total. The van der Waals surface area contributed by atoms with E-state index >= 15 is 0 Å². The van der Waals surface area contributed by atoms with Gasteiger partial charge in [0.05, 0.1) is 24.6 Å². The SMILES string of the molecule is CCOc1ccc([C@H](c2sc3nc(C)nn3c2O)N2CCN(c3ccc(OC)cc3)CC2)cc1. The van der Waals surface area contributed by atoms with E-state index in [1.54, 1.807) is 11.6 Å². The normalized spacial score (nSPS) is 15.6. The lowest BCUT2D eigenvalue weighted by atomic mass is 10.0. The molecule has 178 valence electrons. The fourth-order valence-corrected chi connectivity index (χ4v) is 5.66. The van der Waals surface area contributed by atoms with Crippen molar-refractivity contribution in [2.24, 2.45) is 0 Å². The van der Waals surface area contributed by atoms with Crippen LogP contribution < -0.4 is 14.4 Å². The summed E-state index contributed by atoms with van der Waals surface area (Å²) < 4.78 is 12.5. The number of anilines is 1. The van der Waals surface area contributed by atoms with Gasteiger partial charge in [0.15, 0.2) is 0 Å². The van der Waals surface area contributed by atoms with E-state index in [1.165, 1.54) is 17.0 Å². The van der Waals surface area contributed by atoms with Crippen molar-refractivity contribution in [1.29, 1.82) is 0 Å². The van der Waals surface area contributed by atoms with Gasteiger partial charge in [-0.1, -0.05) is 23.5 Å². The Balaban J connectivity index is 1.43. The number of aromatic nitrogens is 3. The Bertz CT molecular complexity index is 1240. The van der Waals surface area contributed by atoms with Crippen molar-refractivity contribution >= 4 is 22.0 Å². The molecule has 0 radical (unpaired) electrons. The van der Waals surface area contributed by atoms with Gasteiger partial charge >= 0.3 is 0 Å². The Labute approximate surface area is 203 Å². The van der Waals surface area contributed by atoms with Gasteiger partial charge in [-0.05, 0) is 55.8 Å². The maximum atomic E-state index is 11.1. The second-order valence-corrected chi connectivity index (χ2v) is 9.28. The van der Waals surface area contributed by atoms with E-state index in [4.69, 9.17) is 9.47 Å². The third kappa shape index (κ3) is 4.28. The number of nitrogens with zero attached hydrogens (tertiary/aromatic N) is 5. The fraction of sp³-hybridized carbons (Fsp3) is 0.360. The molecule has 9 heteroatoms. The highest BCUT2D eigenvalue weighted by molar-refractivity contribution is 7.17. The molecule has 0 saturated carbocycles. The largest absolute Gasteiger partial charge is 0.497 e. The molecule has 5 rings (SSSR count). The average Bonchev–Trinajstić information content (AvgIpc) is 3.38. The van der Waals surface area contributed by atoms with Gasteiger partial charge < -0.3 is 19.5 Å². The lowest BCUT2D eigenvalue weighted by molar-refractivity contribution is 0.211. The summed E-state index contributed by atoms with van der Waals surface area (Å²) >= 11 is 1.50. The van der Waals surface area contributed by atoms with Crippen LogP contribution in [0.1, 0.15) is 29.2 Å². The van der Waals surface area contributed by atoms with Crippen LogP contribution in [0.2, 0.25) is 0 Å². The van der Waals surface area contributed by atoms with Gasteiger partial charge in [0, 0.05) is 31.9 Å². The molecule has 0 unspecified atom stereocenters. The first-order valence-electron chi connectivity index (χ1n) is 11.5. The summed E-state index contributed by atoms with van der Waals surface area (Å²) in [6, 6.07) is 16.3. The molecule has 1 fully saturated rings. The average molecular weight is 480 g/mol. The van der Waals surface area contributed by atoms with Gasteiger partial charge in [-0.3, -0.25) is 4.90 Å². The zero-order chi connectivity index (χ0) is 23.7. The van der Waals surface area contributed by atoms with Crippen LogP contribution in [0.15, 0.2) is 48.5 Å². The predicted octanol–water partition coefficient (Wildman–Crippen LogP) is 4.12. The van der Waals surface area contributed by atoms with Crippen molar-refractivity contribution in [3.8, 4) is 17.4 Å². The van der Waals surface area contributed by atoms with Crippen molar-refractivity contribution in [2.45, 2.75) is 19.9 Å². The van der Waals surface area contributed by atoms with Crippen LogP contribution in [0.4, 0.5) is 5.69 Å². The van der Waals surface area contributed by atoms with E-state index < -0.39 is 0 Å². The summed E-state index contributed by atoms with van der Waals surface area (Å²) in [5, 5.41) is 15.4. The third-order valence-electron chi connectivity index (χ3n) is 6.18. The molecule has 0 spiro atoms. The van der Waals surface area contributed by atoms with E-state index in [0.29, 0.717) is 17.4 Å². The molecule has 8 nitrogen and oxygen atoms in total. The number of piperazine rings is 1. The number of rotatable bonds is 7. The molecule has 1 saturated heterocycles. The molecule has 4 aromatic rings. The summed E-state index contributed by atoms with van der Waals surface area (Å²) in [6.07, 6.45) is 0. The van der Waals surface area contributed by atoms with Crippen LogP contribution in [-0.2, 0) is 0 Å². The minimum absolute atomic E-state index is 0.0949. The number of aromatic hydroxyl groups is 1. The summed E-state index contributed by atoms with van der Waals surface area (Å²) in [5.74, 6) is 2.52. The van der Waals surface area contributed by atoms with Gasteiger partial charge in [-0.25, -0.2) is 4.98 Å². The maximum Gasteiger partial charge on any atom is 0.230 e. The molecular weight excluding hydrogens is 450 g/mol. The number of fused-ring (bicyclic) bond motifs is 1. The van der Waals surface area contributed by atoms with Crippen LogP contribution in [0.3, 0.4) is 0 Å². The summed E-state index contributed by atoms with van der Waals surface area (Å²) in [6.45, 7) is 7.94. The van der Waals surface area contributed by atoms with Gasteiger partial charge in [-0.2, -0.15) is 4.52 Å². The zero-order valence-electron chi connectivity index (χ0n) is 19.6. The van der Waals surface area contributed by atoms with Crippen LogP contribution in [0.5, 0.6) is 17.4 Å². The number of methoxy groups -OCH3 is 1. The highest BCUT2D eigenvalue weighted by Gasteiger charge is 2.31. The first-order chi connectivity index (χ1) is 16.6. The van der Waals surface area contributed by atoms with E-state index in [9.17, 15) is 5.11 Å². The fourth-order valence-electron chi connectivity index (χ4n) is 4.50. The van der Waals surface area contributed by atoms with Crippen LogP contribution in [-0.4, -0.2) is 64.5 Å². The Hall–Kier alpha value is -3.30. The standard InChI is InChI=1S/C25H29N5O3S/c1-4-33-21-9-5-18(6-10-21)22(23-24(31)30-25(34-23)26-17(2)27-30)29-15-13-28(14-16-29)19-7-11-20(32-3)12-8-19/h5-12,22,31H,4,13-16H2,1-3H3/t22-/m1/s1. The Morgan fingerprint density at radius 2 is 1.68 bits per heavy atom. The number of ether oxygens (including phenoxy) is 2. The smallest absolute Gasteiger partial charge is 0.230 e. The molecule has 0 bridgehead atoms. The van der Waals surface area contributed by atoms with Crippen molar-refractivity contribution in [2.75, 3.05) is 44.8 Å². The summed E-state index contributed by atoms with van der Waals surface area (Å²) in [4.78, 5) is 10.8. The van der Waals surface area contributed by atoms with Crippen molar-refractivity contribution < 1.29 is 14.6 Å². The molecule has 0 amide bonds. The second kappa shape index (κ2) is 9.52. The number of aryl methyl sites for hydroxylation is 1. The third-order valence-corrected chi connectivity index (χ3v) is 7.25. The van der Waals surface area contributed by atoms with E-state index in [-0.39, 0.29) is 11.9 Å². The molecular formula is C25H29N5O3S. The second-order valence-electron chi connectivity index (χ2n) is 8.27. The topological polar surface area (TPSA) is 75.4 Å². The highest BCUT2D eigenvalue weighted by atomic mass is 32.1. The Morgan fingerprint density at radius 3 is 2.29 bits per heavy atom. The molecule has 2 aromatic carbocycles. The zero-order valence-corrected chi connectivity index (χ0v) is 20.5.